The van der Waals surface area contributed by atoms with E-state index in [1.54, 1.807) is 0 Å². The Hall–Kier alpha value is -0.680. The fraction of sp³-hybridized carbons (Fsp3) is 0.286. The SMILES string of the molecule is Clc1nc(Cc2ccccc2)nc(C2CC2)c1I. The zero-order valence-electron chi connectivity index (χ0n) is 9.74. The van der Waals surface area contributed by atoms with Crippen LogP contribution in [0.3, 0.4) is 0 Å². The highest BCUT2D eigenvalue weighted by Crippen LogP contribution is 2.42. The molecular weight excluding hydrogens is 359 g/mol. The molecule has 2 aromatic rings. The van der Waals surface area contributed by atoms with E-state index >= 15 is 0 Å². The first-order valence-electron chi connectivity index (χ1n) is 6.00. The quantitative estimate of drug-likeness (QED) is 0.598. The summed E-state index contributed by atoms with van der Waals surface area (Å²) in [5.74, 6) is 1.43. The van der Waals surface area contributed by atoms with Crippen LogP contribution in [-0.2, 0) is 6.42 Å². The van der Waals surface area contributed by atoms with Gasteiger partial charge in [-0.1, -0.05) is 41.9 Å². The van der Waals surface area contributed by atoms with Crippen molar-refractivity contribution in [3.05, 3.63) is 56.1 Å². The molecule has 0 radical (unpaired) electrons. The van der Waals surface area contributed by atoms with Crippen molar-refractivity contribution >= 4 is 34.2 Å². The molecule has 0 amide bonds. The fourth-order valence-electron chi connectivity index (χ4n) is 1.97. The minimum atomic E-state index is 0.596. The van der Waals surface area contributed by atoms with Gasteiger partial charge in [0.25, 0.3) is 0 Å². The van der Waals surface area contributed by atoms with Gasteiger partial charge in [0.05, 0.1) is 9.26 Å². The first-order chi connectivity index (χ1) is 8.74. The van der Waals surface area contributed by atoms with Gasteiger partial charge in [0, 0.05) is 12.3 Å². The van der Waals surface area contributed by atoms with Crippen LogP contribution >= 0.6 is 34.2 Å². The molecule has 0 atom stereocenters. The average molecular weight is 371 g/mol. The summed E-state index contributed by atoms with van der Waals surface area (Å²) < 4.78 is 1.02. The lowest BCUT2D eigenvalue weighted by Gasteiger charge is -2.07. The van der Waals surface area contributed by atoms with Crippen molar-refractivity contribution in [1.82, 2.24) is 9.97 Å². The summed E-state index contributed by atoms with van der Waals surface area (Å²) >= 11 is 8.45. The van der Waals surface area contributed by atoms with Gasteiger partial charge in [-0.2, -0.15) is 0 Å². The molecule has 1 aliphatic rings. The maximum absolute atomic E-state index is 6.20. The third kappa shape index (κ3) is 2.67. The van der Waals surface area contributed by atoms with Gasteiger partial charge in [0.1, 0.15) is 11.0 Å². The Morgan fingerprint density at radius 2 is 1.89 bits per heavy atom. The topological polar surface area (TPSA) is 25.8 Å². The standard InChI is InChI=1S/C14H12ClIN2/c15-14-12(16)13(10-6-7-10)17-11(18-14)8-9-4-2-1-3-5-9/h1-5,10H,6-8H2. The van der Waals surface area contributed by atoms with Gasteiger partial charge in [0.2, 0.25) is 0 Å². The highest BCUT2D eigenvalue weighted by Gasteiger charge is 2.29. The number of halogens is 2. The van der Waals surface area contributed by atoms with E-state index in [0.29, 0.717) is 11.1 Å². The molecule has 1 aromatic carbocycles. The number of hydrogen-bond acceptors (Lipinski definition) is 2. The molecular formula is C14H12ClIN2. The second-order valence-electron chi connectivity index (χ2n) is 4.57. The summed E-state index contributed by atoms with van der Waals surface area (Å²) in [6.45, 7) is 0. The Morgan fingerprint density at radius 3 is 2.56 bits per heavy atom. The van der Waals surface area contributed by atoms with Crippen molar-refractivity contribution in [3.63, 3.8) is 0 Å². The molecule has 1 fully saturated rings. The number of nitrogens with zero attached hydrogens (tertiary/aromatic N) is 2. The van der Waals surface area contributed by atoms with E-state index in [2.05, 4.69) is 44.7 Å². The molecule has 2 nitrogen and oxygen atoms in total. The van der Waals surface area contributed by atoms with Crippen molar-refractivity contribution in [2.75, 3.05) is 0 Å². The second kappa shape index (κ2) is 5.13. The van der Waals surface area contributed by atoms with E-state index in [1.165, 1.54) is 18.4 Å². The zero-order chi connectivity index (χ0) is 12.5. The predicted octanol–water partition coefficient (Wildman–Crippen LogP) is 4.20. The third-order valence-electron chi connectivity index (χ3n) is 3.05. The molecule has 0 bridgehead atoms. The predicted molar refractivity (Wildman–Crippen MR) is 81.0 cm³/mol. The smallest absolute Gasteiger partial charge is 0.146 e. The Bertz CT molecular complexity index is 568. The normalized spacial score (nSPS) is 14.8. The minimum Gasteiger partial charge on any atom is -0.236 e. The van der Waals surface area contributed by atoms with Crippen molar-refractivity contribution in [3.8, 4) is 0 Å². The highest BCUT2D eigenvalue weighted by molar-refractivity contribution is 14.1. The monoisotopic (exact) mass is 370 g/mol. The van der Waals surface area contributed by atoms with Crippen LogP contribution < -0.4 is 0 Å². The van der Waals surface area contributed by atoms with E-state index in [9.17, 15) is 0 Å². The van der Waals surface area contributed by atoms with Crippen molar-refractivity contribution < 1.29 is 0 Å². The van der Waals surface area contributed by atoms with Gasteiger partial charge in [-0.3, -0.25) is 0 Å². The highest BCUT2D eigenvalue weighted by atomic mass is 127. The van der Waals surface area contributed by atoms with Gasteiger partial charge >= 0.3 is 0 Å². The Labute approximate surface area is 125 Å². The van der Waals surface area contributed by atoms with E-state index in [4.69, 9.17) is 11.6 Å². The summed E-state index contributed by atoms with van der Waals surface area (Å²) in [5.41, 5.74) is 2.36. The van der Waals surface area contributed by atoms with Crippen LogP contribution in [0.15, 0.2) is 30.3 Å². The maximum Gasteiger partial charge on any atom is 0.146 e. The molecule has 92 valence electrons. The molecule has 1 saturated carbocycles. The van der Waals surface area contributed by atoms with Crippen LogP contribution in [0.1, 0.15) is 35.8 Å². The summed E-state index contributed by atoms with van der Waals surface area (Å²) in [5, 5.41) is 0.596. The minimum absolute atomic E-state index is 0.596. The number of benzene rings is 1. The largest absolute Gasteiger partial charge is 0.236 e. The number of aromatic nitrogens is 2. The van der Waals surface area contributed by atoms with Crippen molar-refractivity contribution in [1.29, 1.82) is 0 Å². The lowest BCUT2D eigenvalue weighted by atomic mass is 10.1. The van der Waals surface area contributed by atoms with Gasteiger partial charge in [-0.25, -0.2) is 9.97 Å². The van der Waals surface area contributed by atoms with Crippen LogP contribution in [0.4, 0.5) is 0 Å². The van der Waals surface area contributed by atoms with E-state index in [1.807, 2.05) is 18.2 Å². The summed E-state index contributed by atoms with van der Waals surface area (Å²) in [6.07, 6.45) is 3.21. The van der Waals surface area contributed by atoms with E-state index in [0.717, 1.165) is 21.5 Å². The summed E-state index contributed by atoms with van der Waals surface area (Å²) in [4.78, 5) is 9.07. The van der Waals surface area contributed by atoms with E-state index in [-0.39, 0.29) is 0 Å². The second-order valence-corrected chi connectivity index (χ2v) is 6.00. The average Bonchev–Trinajstić information content (AvgIpc) is 3.19. The molecule has 4 heteroatoms. The van der Waals surface area contributed by atoms with Crippen molar-refractivity contribution in [2.45, 2.75) is 25.2 Å². The molecule has 18 heavy (non-hydrogen) atoms. The first kappa shape index (κ1) is 12.4. The van der Waals surface area contributed by atoms with Crippen molar-refractivity contribution in [2.24, 2.45) is 0 Å². The number of rotatable bonds is 3. The van der Waals surface area contributed by atoms with Crippen LogP contribution in [-0.4, -0.2) is 9.97 Å². The van der Waals surface area contributed by atoms with E-state index < -0.39 is 0 Å². The van der Waals surface area contributed by atoms with Gasteiger partial charge in [-0.05, 0) is 41.0 Å². The van der Waals surface area contributed by atoms with Gasteiger partial charge in [-0.15, -0.1) is 0 Å². The van der Waals surface area contributed by atoms with Gasteiger partial charge < -0.3 is 0 Å². The first-order valence-corrected chi connectivity index (χ1v) is 7.45. The molecule has 0 unspecified atom stereocenters. The third-order valence-corrected chi connectivity index (χ3v) is 4.71. The number of hydrogen-bond donors (Lipinski definition) is 0. The molecule has 3 rings (SSSR count). The lowest BCUT2D eigenvalue weighted by molar-refractivity contribution is 0.889. The fourth-order valence-corrected chi connectivity index (χ4v) is 2.84. The molecule has 1 aromatic heterocycles. The van der Waals surface area contributed by atoms with Crippen LogP contribution in [0.2, 0.25) is 5.15 Å². The zero-order valence-corrected chi connectivity index (χ0v) is 12.6. The van der Waals surface area contributed by atoms with Crippen LogP contribution in [0, 0.1) is 3.57 Å². The summed E-state index contributed by atoms with van der Waals surface area (Å²) in [7, 11) is 0. The van der Waals surface area contributed by atoms with Gasteiger partial charge in [0.15, 0.2) is 0 Å². The Balaban J connectivity index is 1.93. The Kier molecular flexibility index (Phi) is 3.52. The molecule has 0 spiro atoms. The maximum atomic E-state index is 6.20. The van der Waals surface area contributed by atoms with Crippen LogP contribution in [0.5, 0.6) is 0 Å². The molecule has 0 aliphatic heterocycles. The molecule has 1 aliphatic carbocycles. The Morgan fingerprint density at radius 1 is 1.17 bits per heavy atom. The molecule has 0 saturated heterocycles. The van der Waals surface area contributed by atoms with Crippen LogP contribution in [0.25, 0.3) is 0 Å². The molecule has 1 heterocycles. The lowest BCUT2D eigenvalue weighted by Crippen LogP contribution is -2.03. The molecule has 0 N–H and O–H groups in total. The summed E-state index contributed by atoms with van der Waals surface area (Å²) in [6, 6.07) is 10.3.